The summed E-state index contributed by atoms with van der Waals surface area (Å²) in [5.41, 5.74) is 0.460. The zero-order chi connectivity index (χ0) is 14.4. The van der Waals surface area contributed by atoms with Gasteiger partial charge in [0.25, 0.3) is 0 Å². The topological polar surface area (TPSA) is 39.5 Å². The van der Waals surface area contributed by atoms with Crippen LogP contribution < -0.4 is 10.2 Å². The van der Waals surface area contributed by atoms with Crippen LogP contribution in [0.3, 0.4) is 0 Å². The van der Waals surface area contributed by atoms with E-state index in [-0.39, 0.29) is 5.60 Å². The Morgan fingerprint density at radius 3 is 2.63 bits per heavy atom. The van der Waals surface area contributed by atoms with Crippen LogP contribution in [0.4, 0.5) is 0 Å². The van der Waals surface area contributed by atoms with Crippen LogP contribution in [-0.4, -0.2) is 59.7 Å². The molecule has 1 rings (SSSR count). The molecule has 1 atom stereocenters. The zero-order valence-electron chi connectivity index (χ0n) is 13.6. The number of methoxy groups -OCH3 is 1. The highest BCUT2D eigenvalue weighted by Gasteiger charge is 2.44. The average Bonchev–Trinajstić information content (AvgIpc) is 2.26. The number of nitrogens with two attached hydrogens (primary N) is 1. The molecule has 3 N–H and O–H groups in total. The van der Waals surface area contributed by atoms with E-state index in [1.54, 1.807) is 12.0 Å². The number of hydrogen-bond donors (Lipinski definition) is 2. The Kier molecular flexibility index (Phi) is 6.74. The molecule has 0 spiro atoms. The van der Waals surface area contributed by atoms with Crippen molar-refractivity contribution < 1.29 is 19.7 Å². The third-order valence-electron chi connectivity index (χ3n) is 3.99. The second-order valence-corrected chi connectivity index (χ2v) is 7.05. The van der Waals surface area contributed by atoms with E-state index in [0.717, 1.165) is 19.6 Å². The van der Waals surface area contributed by atoms with Crippen molar-refractivity contribution >= 4 is 0 Å². The van der Waals surface area contributed by atoms with Gasteiger partial charge in [-0.15, -0.1) is 0 Å². The van der Waals surface area contributed by atoms with E-state index in [2.05, 4.69) is 33.3 Å². The standard InChI is InChI=1S/C15H32N2O2/c1-14(2)11-15(7-10-19-14,13-17(3)4)12-16-8-6-9-18-5/h16H,6-13H2,1-5H3/p+2/t15-/m0/s1. The zero-order valence-corrected chi connectivity index (χ0v) is 13.6. The summed E-state index contributed by atoms with van der Waals surface area (Å²) in [6, 6.07) is 0. The maximum Gasteiger partial charge on any atom is 0.0880 e. The van der Waals surface area contributed by atoms with Crippen LogP contribution in [0.15, 0.2) is 0 Å². The highest BCUT2D eigenvalue weighted by molar-refractivity contribution is 4.89. The molecule has 0 aliphatic carbocycles. The van der Waals surface area contributed by atoms with Crippen LogP contribution in [0.5, 0.6) is 0 Å². The van der Waals surface area contributed by atoms with Gasteiger partial charge < -0.3 is 19.7 Å². The molecule has 1 fully saturated rings. The predicted molar refractivity (Wildman–Crippen MR) is 77.5 cm³/mol. The maximum atomic E-state index is 5.90. The fourth-order valence-electron chi connectivity index (χ4n) is 3.51. The molecule has 0 aromatic heterocycles. The molecule has 0 unspecified atom stereocenters. The Labute approximate surface area is 118 Å². The Morgan fingerprint density at radius 2 is 2.05 bits per heavy atom. The van der Waals surface area contributed by atoms with E-state index >= 15 is 0 Å². The average molecular weight is 274 g/mol. The van der Waals surface area contributed by atoms with Crippen molar-refractivity contribution in [1.29, 1.82) is 0 Å². The fraction of sp³-hybridized carbons (Fsp3) is 1.00. The quantitative estimate of drug-likeness (QED) is 0.575. The number of ether oxygens (including phenoxy) is 2. The van der Waals surface area contributed by atoms with Crippen molar-refractivity contribution in [3.63, 3.8) is 0 Å². The Bertz CT molecular complexity index is 257. The summed E-state index contributed by atoms with van der Waals surface area (Å²) in [5.74, 6) is 0. The van der Waals surface area contributed by atoms with Crippen molar-refractivity contribution in [1.82, 2.24) is 0 Å². The van der Waals surface area contributed by atoms with Gasteiger partial charge in [-0.25, -0.2) is 0 Å². The molecule has 0 aromatic carbocycles. The molecule has 0 bridgehead atoms. The minimum atomic E-state index is 0.0358. The van der Waals surface area contributed by atoms with Gasteiger partial charge in [0.15, 0.2) is 0 Å². The smallest absolute Gasteiger partial charge is 0.0880 e. The highest BCUT2D eigenvalue weighted by atomic mass is 16.5. The lowest BCUT2D eigenvalue weighted by molar-refractivity contribution is -0.870. The van der Waals surface area contributed by atoms with E-state index in [4.69, 9.17) is 9.47 Å². The van der Waals surface area contributed by atoms with Crippen molar-refractivity contribution in [2.45, 2.75) is 38.7 Å². The van der Waals surface area contributed by atoms with Crippen LogP contribution in [-0.2, 0) is 9.47 Å². The fourth-order valence-corrected chi connectivity index (χ4v) is 3.51. The summed E-state index contributed by atoms with van der Waals surface area (Å²) >= 11 is 0. The minimum Gasteiger partial charge on any atom is -0.384 e. The predicted octanol–water partition coefficient (Wildman–Crippen LogP) is -0.694. The lowest BCUT2D eigenvalue weighted by Gasteiger charge is -2.43. The van der Waals surface area contributed by atoms with Crippen LogP contribution in [0, 0.1) is 5.41 Å². The summed E-state index contributed by atoms with van der Waals surface area (Å²) < 4.78 is 11.0. The first-order valence-electron chi connectivity index (χ1n) is 7.63. The normalized spacial score (nSPS) is 26.8. The minimum absolute atomic E-state index is 0.0358. The number of hydrogen-bond acceptors (Lipinski definition) is 2. The second kappa shape index (κ2) is 7.58. The molecule has 0 radical (unpaired) electrons. The van der Waals surface area contributed by atoms with E-state index in [1.807, 2.05) is 0 Å². The first-order chi connectivity index (χ1) is 8.89. The van der Waals surface area contributed by atoms with Crippen LogP contribution in [0.25, 0.3) is 0 Å². The summed E-state index contributed by atoms with van der Waals surface area (Å²) in [4.78, 5) is 1.54. The molecule has 1 saturated heterocycles. The molecule has 0 saturated carbocycles. The molecular formula is C15H34N2O2+2. The molecular weight excluding hydrogens is 240 g/mol. The Balaban J connectivity index is 2.50. The monoisotopic (exact) mass is 274 g/mol. The lowest BCUT2D eigenvalue weighted by Crippen LogP contribution is -3.08. The van der Waals surface area contributed by atoms with Crippen LogP contribution in [0.2, 0.25) is 0 Å². The summed E-state index contributed by atoms with van der Waals surface area (Å²) in [6.45, 7) is 9.87. The molecule has 19 heavy (non-hydrogen) atoms. The third-order valence-corrected chi connectivity index (χ3v) is 3.99. The van der Waals surface area contributed by atoms with Gasteiger partial charge in [0, 0.05) is 20.1 Å². The Hall–Kier alpha value is -0.160. The van der Waals surface area contributed by atoms with Gasteiger partial charge in [-0.05, 0) is 26.7 Å². The van der Waals surface area contributed by atoms with Gasteiger partial charge in [0.2, 0.25) is 0 Å². The molecule has 114 valence electrons. The lowest BCUT2D eigenvalue weighted by atomic mass is 9.73. The number of quaternary nitrogens is 2. The van der Waals surface area contributed by atoms with Crippen LogP contribution in [0.1, 0.15) is 33.1 Å². The van der Waals surface area contributed by atoms with E-state index in [0.29, 0.717) is 5.41 Å². The summed E-state index contributed by atoms with van der Waals surface area (Å²) in [7, 11) is 6.29. The third kappa shape index (κ3) is 6.21. The SMILES string of the molecule is COCCC[NH2+]C[C@]1(C[NH+](C)C)CCOC(C)(C)C1. The van der Waals surface area contributed by atoms with Crippen molar-refractivity contribution in [2.24, 2.45) is 5.41 Å². The van der Waals surface area contributed by atoms with Crippen molar-refractivity contribution in [2.75, 3.05) is 54.1 Å². The maximum absolute atomic E-state index is 5.90. The number of rotatable bonds is 8. The van der Waals surface area contributed by atoms with Gasteiger partial charge >= 0.3 is 0 Å². The first-order valence-corrected chi connectivity index (χ1v) is 7.63. The molecule has 0 aromatic rings. The van der Waals surface area contributed by atoms with Gasteiger partial charge in [0.1, 0.15) is 0 Å². The second-order valence-electron chi connectivity index (χ2n) is 7.05. The van der Waals surface area contributed by atoms with Gasteiger partial charge in [-0.2, -0.15) is 0 Å². The summed E-state index contributed by atoms with van der Waals surface area (Å²) in [6.07, 6.45) is 3.51. The largest absolute Gasteiger partial charge is 0.384 e. The van der Waals surface area contributed by atoms with Gasteiger partial charge in [-0.1, -0.05) is 0 Å². The first kappa shape index (κ1) is 16.9. The number of nitrogens with one attached hydrogen (secondary N) is 1. The molecule has 4 nitrogen and oxygen atoms in total. The van der Waals surface area contributed by atoms with Gasteiger partial charge in [-0.3, -0.25) is 0 Å². The van der Waals surface area contributed by atoms with Crippen LogP contribution >= 0.6 is 0 Å². The van der Waals surface area contributed by atoms with Gasteiger partial charge in [0.05, 0.1) is 51.4 Å². The van der Waals surface area contributed by atoms with E-state index in [9.17, 15) is 0 Å². The van der Waals surface area contributed by atoms with Crippen molar-refractivity contribution in [3.8, 4) is 0 Å². The summed E-state index contributed by atoms with van der Waals surface area (Å²) in [5, 5.41) is 2.48. The van der Waals surface area contributed by atoms with E-state index in [1.165, 1.54) is 32.5 Å². The molecule has 0 amide bonds. The Morgan fingerprint density at radius 1 is 1.32 bits per heavy atom. The van der Waals surface area contributed by atoms with Crippen molar-refractivity contribution in [3.05, 3.63) is 0 Å². The molecule has 1 heterocycles. The highest BCUT2D eigenvalue weighted by Crippen LogP contribution is 2.36. The molecule has 1 aliphatic rings. The molecule has 1 aliphatic heterocycles. The molecule has 4 heteroatoms. The van der Waals surface area contributed by atoms with E-state index < -0.39 is 0 Å².